The molecule has 5 nitrogen and oxygen atoms in total. The molecule has 0 aliphatic carbocycles. The number of amides is 1. The topological polar surface area (TPSA) is 64.6 Å². The lowest BCUT2D eigenvalue weighted by Gasteiger charge is -2.27. The molecule has 7 heteroatoms. The van der Waals surface area contributed by atoms with Crippen LogP contribution in [0.5, 0.6) is 0 Å². The minimum atomic E-state index is -1.90. The first-order chi connectivity index (χ1) is 7.78. The van der Waals surface area contributed by atoms with E-state index in [9.17, 15) is 9.59 Å². The summed E-state index contributed by atoms with van der Waals surface area (Å²) in [5.41, 5.74) is 0. The van der Waals surface area contributed by atoms with E-state index in [0.29, 0.717) is 12.3 Å². The minimum Gasteiger partial charge on any atom is -0.467 e. The molecule has 1 saturated heterocycles. The van der Waals surface area contributed by atoms with Crippen LogP contribution in [0.4, 0.5) is 4.79 Å². The molecule has 98 valence electrons. The third kappa shape index (κ3) is 3.16. The first-order valence-corrected chi connectivity index (χ1v) is 5.98. The fourth-order valence-electron chi connectivity index (χ4n) is 1.73. The molecule has 1 rings (SSSR count). The highest BCUT2D eigenvalue weighted by atomic mass is 35.5. The van der Waals surface area contributed by atoms with Crippen LogP contribution in [0.2, 0.25) is 0 Å². The Bertz CT molecular complexity index is 319. The van der Waals surface area contributed by atoms with E-state index in [4.69, 9.17) is 27.9 Å². The van der Waals surface area contributed by atoms with Crippen LogP contribution in [-0.2, 0) is 14.3 Å². The quantitative estimate of drug-likeness (QED) is 0.632. The van der Waals surface area contributed by atoms with Gasteiger partial charge in [0.2, 0.25) is 0 Å². The van der Waals surface area contributed by atoms with Crippen molar-refractivity contribution in [3.63, 3.8) is 0 Å². The molecular weight excluding hydrogens is 269 g/mol. The molecule has 0 aromatic rings. The van der Waals surface area contributed by atoms with Crippen LogP contribution < -0.4 is 5.32 Å². The Labute approximate surface area is 110 Å². The van der Waals surface area contributed by atoms with Gasteiger partial charge in [0.05, 0.1) is 13.2 Å². The number of nitrogens with one attached hydrogen (secondary N) is 1. The van der Waals surface area contributed by atoms with Gasteiger partial charge < -0.3 is 14.8 Å². The molecule has 17 heavy (non-hydrogen) atoms. The maximum absolute atomic E-state index is 11.5. The number of methoxy groups -OCH3 is 1. The Kier molecular flexibility index (Phi) is 4.49. The zero-order valence-corrected chi connectivity index (χ0v) is 11.3. The maximum Gasteiger partial charge on any atom is 0.407 e. The fourth-order valence-corrected chi connectivity index (χ4v) is 2.28. The zero-order valence-electron chi connectivity index (χ0n) is 9.83. The first-order valence-electron chi connectivity index (χ1n) is 5.22. The highest BCUT2D eigenvalue weighted by molar-refractivity contribution is 6.58. The average Bonchev–Trinajstić information content (AvgIpc) is 2.57. The molecule has 0 unspecified atom stereocenters. The van der Waals surface area contributed by atoms with Crippen LogP contribution in [0.3, 0.4) is 0 Å². The van der Waals surface area contributed by atoms with Crippen LogP contribution in [0.25, 0.3) is 0 Å². The third-order valence-electron chi connectivity index (χ3n) is 2.44. The molecule has 0 bridgehead atoms. The van der Waals surface area contributed by atoms with Crippen molar-refractivity contribution in [2.24, 2.45) is 5.92 Å². The zero-order chi connectivity index (χ0) is 13.2. The van der Waals surface area contributed by atoms with E-state index in [1.165, 1.54) is 7.11 Å². The maximum atomic E-state index is 11.5. The fraction of sp³-hybridized carbons (Fsp3) is 0.800. The summed E-state index contributed by atoms with van der Waals surface area (Å²) < 4.78 is 7.55. The van der Waals surface area contributed by atoms with Gasteiger partial charge >= 0.3 is 12.1 Å². The molecule has 1 aliphatic heterocycles. The van der Waals surface area contributed by atoms with Gasteiger partial charge in [-0.15, -0.1) is 0 Å². The molecule has 1 heterocycles. The highest BCUT2D eigenvalue weighted by Crippen LogP contribution is 2.35. The molecular formula is C10H15Cl2NO4. The predicted molar refractivity (Wildman–Crippen MR) is 63.1 cm³/mol. The standard InChI is InChI=1S/C10H15Cl2NO4/c1-5(2)4-6-7(17-9(15)13-6)10(11,12)8(14)16-3/h5-7H,4H2,1-3H3,(H,13,15)/t6-,7+/m0/s1. The van der Waals surface area contributed by atoms with Crippen LogP contribution in [0, 0.1) is 5.92 Å². The van der Waals surface area contributed by atoms with Gasteiger partial charge in [-0.1, -0.05) is 37.0 Å². The number of alkyl carbamates (subject to hydrolysis) is 1. The van der Waals surface area contributed by atoms with E-state index < -0.39 is 28.5 Å². The molecule has 0 aromatic heterocycles. The first kappa shape index (κ1) is 14.4. The van der Waals surface area contributed by atoms with E-state index >= 15 is 0 Å². The van der Waals surface area contributed by atoms with Gasteiger partial charge in [0.25, 0.3) is 4.33 Å². The SMILES string of the molecule is COC(=O)C(Cl)(Cl)[C@@H]1OC(=O)N[C@H]1CC(C)C. The summed E-state index contributed by atoms with van der Waals surface area (Å²) in [7, 11) is 1.17. The average molecular weight is 284 g/mol. The number of hydrogen-bond acceptors (Lipinski definition) is 4. The van der Waals surface area contributed by atoms with Crippen molar-refractivity contribution in [3.8, 4) is 0 Å². The van der Waals surface area contributed by atoms with E-state index in [-0.39, 0.29) is 0 Å². The van der Waals surface area contributed by atoms with Crippen molar-refractivity contribution in [1.82, 2.24) is 5.32 Å². The van der Waals surface area contributed by atoms with Crippen molar-refractivity contribution in [2.75, 3.05) is 7.11 Å². The number of carbonyl (C=O) groups is 2. The largest absolute Gasteiger partial charge is 0.467 e. The summed E-state index contributed by atoms with van der Waals surface area (Å²) >= 11 is 11.8. The second-order valence-corrected chi connectivity index (χ2v) is 5.71. The Morgan fingerprint density at radius 3 is 2.65 bits per heavy atom. The van der Waals surface area contributed by atoms with Gasteiger partial charge in [0.1, 0.15) is 0 Å². The van der Waals surface area contributed by atoms with Crippen molar-refractivity contribution < 1.29 is 19.1 Å². The Hall–Kier alpha value is -0.680. The number of alkyl halides is 2. The second-order valence-electron chi connectivity index (χ2n) is 4.32. The van der Waals surface area contributed by atoms with Crippen LogP contribution in [-0.4, -0.2) is 35.7 Å². The molecule has 1 aliphatic rings. The molecule has 0 spiro atoms. The summed E-state index contributed by atoms with van der Waals surface area (Å²) in [6, 6.07) is -0.406. The molecule has 1 amide bonds. The molecule has 0 radical (unpaired) electrons. The third-order valence-corrected chi connectivity index (χ3v) is 3.18. The smallest absolute Gasteiger partial charge is 0.407 e. The molecule has 1 N–H and O–H groups in total. The summed E-state index contributed by atoms with van der Waals surface area (Å²) in [6.45, 7) is 3.95. The van der Waals surface area contributed by atoms with Gasteiger partial charge in [-0.2, -0.15) is 0 Å². The van der Waals surface area contributed by atoms with Crippen molar-refractivity contribution in [1.29, 1.82) is 0 Å². The molecule has 0 saturated carbocycles. The van der Waals surface area contributed by atoms with Gasteiger partial charge in [-0.3, -0.25) is 0 Å². The van der Waals surface area contributed by atoms with Crippen molar-refractivity contribution in [3.05, 3.63) is 0 Å². The van der Waals surface area contributed by atoms with E-state index in [0.717, 1.165) is 0 Å². The monoisotopic (exact) mass is 283 g/mol. The van der Waals surface area contributed by atoms with Gasteiger partial charge in [-0.05, 0) is 12.3 Å². The lowest BCUT2D eigenvalue weighted by molar-refractivity contribution is -0.143. The van der Waals surface area contributed by atoms with E-state index in [1.54, 1.807) is 0 Å². The number of esters is 1. The second kappa shape index (κ2) is 5.31. The van der Waals surface area contributed by atoms with Crippen LogP contribution >= 0.6 is 23.2 Å². The summed E-state index contributed by atoms with van der Waals surface area (Å²) in [6.07, 6.45) is -0.974. The summed E-state index contributed by atoms with van der Waals surface area (Å²) in [4.78, 5) is 22.7. The number of carbonyl (C=O) groups excluding carboxylic acids is 2. The molecule has 2 atom stereocenters. The predicted octanol–water partition coefficient (Wildman–Crippen LogP) is 1.86. The number of halogens is 2. The Morgan fingerprint density at radius 2 is 2.18 bits per heavy atom. The Morgan fingerprint density at radius 1 is 1.59 bits per heavy atom. The van der Waals surface area contributed by atoms with E-state index in [2.05, 4.69) is 10.1 Å². The normalized spacial score (nSPS) is 24.5. The summed E-state index contributed by atoms with van der Waals surface area (Å²) in [5.74, 6) is -0.539. The van der Waals surface area contributed by atoms with Crippen molar-refractivity contribution >= 4 is 35.3 Å². The molecule has 0 aromatic carbocycles. The number of hydrogen-bond donors (Lipinski definition) is 1. The van der Waals surface area contributed by atoms with Crippen LogP contribution in [0.15, 0.2) is 0 Å². The number of rotatable bonds is 4. The minimum absolute atomic E-state index is 0.297. The van der Waals surface area contributed by atoms with Crippen molar-refractivity contribution in [2.45, 2.75) is 36.7 Å². The summed E-state index contributed by atoms with van der Waals surface area (Å²) in [5, 5.41) is 2.58. The van der Waals surface area contributed by atoms with Crippen LogP contribution in [0.1, 0.15) is 20.3 Å². The number of cyclic esters (lactones) is 1. The highest BCUT2D eigenvalue weighted by Gasteiger charge is 2.53. The molecule has 1 fully saturated rings. The lowest BCUT2D eigenvalue weighted by atomic mass is 9.97. The lowest BCUT2D eigenvalue weighted by Crippen LogP contribution is -2.48. The van der Waals surface area contributed by atoms with Gasteiger partial charge in [-0.25, -0.2) is 9.59 Å². The Balaban J connectivity index is 2.86. The van der Waals surface area contributed by atoms with E-state index in [1.807, 2.05) is 13.8 Å². The number of ether oxygens (including phenoxy) is 2. The van der Waals surface area contributed by atoms with Gasteiger partial charge in [0, 0.05) is 0 Å². The van der Waals surface area contributed by atoms with Gasteiger partial charge in [0.15, 0.2) is 6.10 Å².